The van der Waals surface area contributed by atoms with Crippen molar-refractivity contribution in [2.75, 3.05) is 26.2 Å². The average Bonchev–Trinajstić information content (AvgIpc) is 2.30. The van der Waals surface area contributed by atoms with Crippen LogP contribution in [0.3, 0.4) is 0 Å². The molecule has 0 bridgehead atoms. The summed E-state index contributed by atoms with van der Waals surface area (Å²) in [6, 6.07) is 0. The van der Waals surface area contributed by atoms with E-state index >= 15 is 0 Å². The molecule has 1 aliphatic carbocycles. The highest BCUT2D eigenvalue weighted by molar-refractivity contribution is 5.65. The number of amides is 1. The minimum Gasteiger partial charge on any atom is -0.465 e. The summed E-state index contributed by atoms with van der Waals surface area (Å²) in [4.78, 5) is 14.9. The summed E-state index contributed by atoms with van der Waals surface area (Å²) in [5.41, 5.74) is 0.336. The van der Waals surface area contributed by atoms with Gasteiger partial charge in [-0.15, -0.1) is 0 Å². The van der Waals surface area contributed by atoms with Crippen LogP contribution in [0.1, 0.15) is 39.0 Å². The predicted molar refractivity (Wildman–Crippen MR) is 62.7 cm³/mol. The van der Waals surface area contributed by atoms with Crippen LogP contribution < -0.4 is 0 Å². The molecule has 0 unspecified atom stereocenters. The van der Waals surface area contributed by atoms with E-state index in [2.05, 4.69) is 11.8 Å². The van der Waals surface area contributed by atoms with Gasteiger partial charge in [0, 0.05) is 31.7 Å². The number of carboxylic acid groups (broad SMARTS) is 1. The van der Waals surface area contributed by atoms with Gasteiger partial charge in [-0.2, -0.15) is 0 Å². The zero-order chi connectivity index (χ0) is 11.6. The molecule has 1 saturated carbocycles. The lowest BCUT2D eigenvalue weighted by molar-refractivity contribution is 0.0215. The van der Waals surface area contributed by atoms with Gasteiger partial charge in [0.2, 0.25) is 0 Å². The molecule has 92 valence electrons. The Labute approximate surface area is 97.2 Å². The van der Waals surface area contributed by atoms with E-state index in [-0.39, 0.29) is 0 Å². The van der Waals surface area contributed by atoms with Crippen LogP contribution in [-0.2, 0) is 0 Å². The van der Waals surface area contributed by atoms with E-state index in [1.807, 2.05) is 0 Å². The average molecular weight is 226 g/mol. The van der Waals surface area contributed by atoms with E-state index in [4.69, 9.17) is 5.11 Å². The van der Waals surface area contributed by atoms with Crippen molar-refractivity contribution >= 4 is 6.09 Å². The van der Waals surface area contributed by atoms with E-state index in [9.17, 15) is 4.79 Å². The number of hydrogen-bond acceptors (Lipinski definition) is 2. The Bertz CT molecular complexity index is 254. The van der Waals surface area contributed by atoms with Gasteiger partial charge < -0.3 is 10.0 Å². The van der Waals surface area contributed by atoms with Crippen molar-refractivity contribution in [1.29, 1.82) is 0 Å². The summed E-state index contributed by atoms with van der Waals surface area (Å²) in [6.45, 7) is 5.50. The molecule has 2 aliphatic rings. The summed E-state index contributed by atoms with van der Waals surface area (Å²) in [7, 11) is 0. The van der Waals surface area contributed by atoms with Crippen molar-refractivity contribution in [3.05, 3.63) is 0 Å². The first-order chi connectivity index (χ1) is 7.62. The highest BCUT2D eigenvalue weighted by Crippen LogP contribution is 2.33. The number of hydrogen-bond donors (Lipinski definition) is 1. The minimum absolute atomic E-state index is 0.336. The van der Waals surface area contributed by atoms with Crippen LogP contribution in [0, 0.1) is 0 Å². The van der Waals surface area contributed by atoms with Gasteiger partial charge in [-0.05, 0) is 19.8 Å². The van der Waals surface area contributed by atoms with Gasteiger partial charge in [-0.1, -0.05) is 19.3 Å². The first-order valence-electron chi connectivity index (χ1n) is 6.35. The lowest BCUT2D eigenvalue weighted by Crippen LogP contribution is -2.57. The SMILES string of the molecule is CC1(N2CCN(C(=O)O)CC2)CCCCC1. The summed E-state index contributed by atoms with van der Waals surface area (Å²) in [5.74, 6) is 0. The maximum absolute atomic E-state index is 10.8. The highest BCUT2D eigenvalue weighted by atomic mass is 16.4. The third kappa shape index (κ3) is 2.32. The predicted octanol–water partition coefficient (Wildman–Crippen LogP) is 2.00. The first-order valence-corrected chi connectivity index (χ1v) is 6.35. The minimum atomic E-state index is -0.770. The van der Waals surface area contributed by atoms with Crippen molar-refractivity contribution in [1.82, 2.24) is 9.80 Å². The van der Waals surface area contributed by atoms with Gasteiger partial charge in [0.15, 0.2) is 0 Å². The number of carbonyl (C=O) groups is 1. The molecular weight excluding hydrogens is 204 g/mol. The third-order valence-electron chi connectivity index (χ3n) is 4.24. The molecule has 4 nitrogen and oxygen atoms in total. The number of piperazine rings is 1. The molecule has 1 amide bonds. The molecule has 1 heterocycles. The van der Waals surface area contributed by atoms with E-state index in [1.165, 1.54) is 37.0 Å². The van der Waals surface area contributed by atoms with E-state index in [1.54, 1.807) is 0 Å². The lowest BCUT2D eigenvalue weighted by Gasteiger charge is -2.47. The Morgan fingerprint density at radius 1 is 1.06 bits per heavy atom. The van der Waals surface area contributed by atoms with Gasteiger partial charge in [0.25, 0.3) is 0 Å². The Kier molecular flexibility index (Phi) is 3.38. The first kappa shape index (κ1) is 11.7. The van der Waals surface area contributed by atoms with Crippen LogP contribution in [0.15, 0.2) is 0 Å². The van der Waals surface area contributed by atoms with Crippen LogP contribution in [0.5, 0.6) is 0 Å². The van der Waals surface area contributed by atoms with Crippen molar-refractivity contribution in [2.24, 2.45) is 0 Å². The Morgan fingerprint density at radius 2 is 1.62 bits per heavy atom. The van der Waals surface area contributed by atoms with Crippen LogP contribution in [-0.4, -0.2) is 52.7 Å². The smallest absolute Gasteiger partial charge is 0.407 e. The van der Waals surface area contributed by atoms with E-state index in [0.717, 1.165) is 13.1 Å². The molecule has 1 saturated heterocycles. The second-order valence-electron chi connectivity index (χ2n) is 5.31. The zero-order valence-corrected chi connectivity index (χ0v) is 10.1. The quantitative estimate of drug-likeness (QED) is 0.743. The Morgan fingerprint density at radius 3 is 2.12 bits per heavy atom. The number of rotatable bonds is 1. The van der Waals surface area contributed by atoms with Crippen LogP contribution in [0.25, 0.3) is 0 Å². The molecule has 1 N–H and O–H groups in total. The van der Waals surface area contributed by atoms with Crippen molar-refractivity contribution in [3.63, 3.8) is 0 Å². The van der Waals surface area contributed by atoms with Gasteiger partial charge in [0.05, 0.1) is 0 Å². The molecular formula is C12H22N2O2. The summed E-state index contributed by atoms with van der Waals surface area (Å²) < 4.78 is 0. The maximum Gasteiger partial charge on any atom is 0.407 e. The lowest BCUT2D eigenvalue weighted by atomic mass is 9.81. The molecule has 0 aromatic carbocycles. The standard InChI is InChI=1S/C12H22N2O2/c1-12(5-3-2-4-6-12)14-9-7-13(8-10-14)11(15)16/h2-10H2,1H3,(H,15,16). The second kappa shape index (κ2) is 4.62. The summed E-state index contributed by atoms with van der Waals surface area (Å²) >= 11 is 0. The molecule has 0 aromatic rings. The second-order valence-corrected chi connectivity index (χ2v) is 5.31. The topological polar surface area (TPSA) is 43.8 Å². The molecule has 2 rings (SSSR count). The third-order valence-corrected chi connectivity index (χ3v) is 4.24. The largest absolute Gasteiger partial charge is 0.465 e. The normalized spacial score (nSPS) is 26.7. The fourth-order valence-corrected chi connectivity index (χ4v) is 3.07. The Hall–Kier alpha value is -0.770. The molecule has 0 spiro atoms. The molecule has 1 aliphatic heterocycles. The fraction of sp³-hybridized carbons (Fsp3) is 0.917. The van der Waals surface area contributed by atoms with Crippen molar-refractivity contribution in [3.8, 4) is 0 Å². The van der Waals surface area contributed by atoms with Gasteiger partial charge in [-0.25, -0.2) is 4.79 Å². The monoisotopic (exact) mass is 226 g/mol. The van der Waals surface area contributed by atoms with Crippen molar-refractivity contribution in [2.45, 2.75) is 44.6 Å². The van der Waals surface area contributed by atoms with E-state index in [0.29, 0.717) is 18.6 Å². The molecule has 0 aromatic heterocycles. The fourth-order valence-electron chi connectivity index (χ4n) is 3.07. The van der Waals surface area contributed by atoms with Crippen molar-refractivity contribution < 1.29 is 9.90 Å². The van der Waals surface area contributed by atoms with Gasteiger partial charge in [0.1, 0.15) is 0 Å². The Balaban J connectivity index is 1.90. The van der Waals surface area contributed by atoms with Crippen LogP contribution in [0.2, 0.25) is 0 Å². The number of nitrogens with zero attached hydrogens (tertiary/aromatic N) is 2. The van der Waals surface area contributed by atoms with Gasteiger partial charge in [-0.3, -0.25) is 4.90 Å². The highest BCUT2D eigenvalue weighted by Gasteiger charge is 2.35. The molecule has 0 radical (unpaired) electrons. The maximum atomic E-state index is 10.8. The van der Waals surface area contributed by atoms with Crippen LogP contribution >= 0.6 is 0 Å². The molecule has 4 heteroatoms. The molecule has 0 atom stereocenters. The summed E-state index contributed by atoms with van der Waals surface area (Å²) in [6.07, 6.45) is 5.81. The van der Waals surface area contributed by atoms with E-state index < -0.39 is 6.09 Å². The molecule has 2 fully saturated rings. The summed E-state index contributed by atoms with van der Waals surface area (Å²) in [5, 5.41) is 8.91. The molecule has 16 heavy (non-hydrogen) atoms. The van der Waals surface area contributed by atoms with Crippen LogP contribution in [0.4, 0.5) is 4.79 Å². The zero-order valence-electron chi connectivity index (χ0n) is 10.1. The van der Waals surface area contributed by atoms with Gasteiger partial charge >= 0.3 is 6.09 Å².